The standard InChI is InChI=1S/C11H11NO3S/c1-2-8(7-12)16(15)10-6-4-3-5-9(10)11(13)14/h3-6,8H,2H2,1H3,(H,13,14). The van der Waals surface area contributed by atoms with Gasteiger partial charge in [0.15, 0.2) is 0 Å². The van der Waals surface area contributed by atoms with Gasteiger partial charge < -0.3 is 5.11 Å². The molecule has 0 saturated carbocycles. The zero-order valence-electron chi connectivity index (χ0n) is 8.71. The fourth-order valence-corrected chi connectivity index (χ4v) is 2.55. The highest BCUT2D eigenvalue weighted by Gasteiger charge is 2.21. The summed E-state index contributed by atoms with van der Waals surface area (Å²) in [7, 11) is -1.60. The normalized spacial score (nSPS) is 13.8. The zero-order valence-corrected chi connectivity index (χ0v) is 9.53. The van der Waals surface area contributed by atoms with Crippen LogP contribution in [-0.4, -0.2) is 20.5 Å². The van der Waals surface area contributed by atoms with Gasteiger partial charge in [0.05, 0.1) is 27.3 Å². The lowest BCUT2D eigenvalue weighted by Gasteiger charge is -2.08. The number of hydrogen-bond acceptors (Lipinski definition) is 3. The molecule has 0 amide bonds. The fraction of sp³-hybridized carbons (Fsp3) is 0.273. The monoisotopic (exact) mass is 237 g/mol. The van der Waals surface area contributed by atoms with E-state index >= 15 is 0 Å². The molecular weight excluding hydrogens is 226 g/mol. The van der Waals surface area contributed by atoms with Gasteiger partial charge >= 0.3 is 5.97 Å². The van der Waals surface area contributed by atoms with Crippen LogP contribution < -0.4 is 0 Å². The van der Waals surface area contributed by atoms with Gasteiger partial charge in [-0.15, -0.1) is 0 Å². The highest BCUT2D eigenvalue weighted by Crippen LogP contribution is 2.18. The third-order valence-corrected chi connectivity index (χ3v) is 3.85. The average Bonchev–Trinajstić information content (AvgIpc) is 2.30. The Hall–Kier alpha value is -1.67. The molecule has 0 aliphatic heterocycles. The van der Waals surface area contributed by atoms with Crippen LogP contribution in [0.3, 0.4) is 0 Å². The van der Waals surface area contributed by atoms with E-state index in [0.717, 1.165) is 0 Å². The first-order valence-corrected chi connectivity index (χ1v) is 5.95. The zero-order chi connectivity index (χ0) is 12.1. The first-order valence-electron chi connectivity index (χ1n) is 4.74. The summed E-state index contributed by atoms with van der Waals surface area (Å²) in [6, 6.07) is 7.98. The topological polar surface area (TPSA) is 78.2 Å². The third kappa shape index (κ3) is 2.47. The molecule has 0 fully saturated rings. The molecule has 0 spiro atoms. The predicted octanol–water partition coefficient (Wildman–Crippen LogP) is 1.79. The van der Waals surface area contributed by atoms with Gasteiger partial charge in [0, 0.05) is 0 Å². The first-order chi connectivity index (χ1) is 7.61. The second-order valence-electron chi connectivity index (χ2n) is 3.12. The summed E-state index contributed by atoms with van der Waals surface area (Å²) in [6.07, 6.45) is 0.428. The van der Waals surface area contributed by atoms with Gasteiger partial charge in [-0.3, -0.25) is 4.21 Å². The van der Waals surface area contributed by atoms with Crippen LogP contribution in [0, 0.1) is 11.3 Å². The number of carboxylic acid groups (broad SMARTS) is 1. The molecule has 1 aromatic rings. The first kappa shape index (κ1) is 12.4. The minimum absolute atomic E-state index is 0.00506. The molecule has 1 aromatic carbocycles. The van der Waals surface area contributed by atoms with E-state index in [1.165, 1.54) is 12.1 Å². The van der Waals surface area contributed by atoms with Crippen LogP contribution in [0.15, 0.2) is 29.2 Å². The number of carboxylic acids is 1. The Kier molecular flexibility index (Phi) is 4.20. The van der Waals surface area contributed by atoms with Gasteiger partial charge in [0.2, 0.25) is 0 Å². The minimum Gasteiger partial charge on any atom is -0.478 e. The average molecular weight is 237 g/mol. The lowest BCUT2D eigenvalue weighted by Crippen LogP contribution is -2.14. The maximum atomic E-state index is 12.0. The Bertz CT molecular complexity index is 465. The molecule has 5 heteroatoms. The molecule has 16 heavy (non-hydrogen) atoms. The summed E-state index contributed by atoms with van der Waals surface area (Å²) in [5.41, 5.74) is -0.00506. The van der Waals surface area contributed by atoms with Gasteiger partial charge in [-0.2, -0.15) is 5.26 Å². The van der Waals surface area contributed by atoms with Gasteiger partial charge in [-0.1, -0.05) is 19.1 Å². The largest absolute Gasteiger partial charge is 0.478 e. The molecule has 0 bridgehead atoms. The van der Waals surface area contributed by atoms with Crippen LogP contribution in [0.1, 0.15) is 23.7 Å². The van der Waals surface area contributed by atoms with Gasteiger partial charge in [-0.05, 0) is 18.6 Å². The Morgan fingerprint density at radius 2 is 2.19 bits per heavy atom. The lowest BCUT2D eigenvalue weighted by atomic mass is 10.2. The molecule has 0 aliphatic carbocycles. The number of hydrogen-bond donors (Lipinski definition) is 1. The Labute approximate surface area is 96.0 Å². The van der Waals surface area contributed by atoms with Crippen LogP contribution in [0.25, 0.3) is 0 Å². The minimum atomic E-state index is -1.60. The Morgan fingerprint density at radius 1 is 1.56 bits per heavy atom. The van der Waals surface area contributed by atoms with Crippen molar-refractivity contribution in [2.75, 3.05) is 0 Å². The van der Waals surface area contributed by atoms with E-state index < -0.39 is 22.0 Å². The molecule has 2 atom stereocenters. The van der Waals surface area contributed by atoms with Crippen LogP contribution in [0.2, 0.25) is 0 Å². The summed E-state index contributed by atoms with van der Waals surface area (Å²) in [5.74, 6) is -1.13. The number of benzene rings is 1. The number of aromatic carboxylic acids is 1. The molecule has 84 valence electrons. The maximum absolute atomic E-state index is 12.0. The van der Waals surface area contributed by atoms with E-state index in [1.807, 2.05) is 6.07 Å². The highest BCUT2D eigenvalue weighted by atomic mass is 32.2. The Balaban J connectivity index is 3.19. The molecule has 1 N–H and O–H groups in total. The number of rotatable bonds is 4. The highest BCUT2D eigenvalue weighted by molar-refractivity contribution is 7.86. The van der Waals surface area contributed by atoms with Gasteiger partial charge in [0.1, 0.15) is 5.25 Å². The smallest absolute Gasteiger partial charge is 0.336 e. The number of carbonyl (C=O) groups is 1. The quantitative estimate of drug-likeness (QED) is 0.866. The van der Waals surface area contributed by atoms with E-state index in [9.17, 15) is 9.00 Å². The predicted molar refractivity (Wildman–Crippen MR) is 59.5 cm³/mol. The van der Waals surface area contributed by atoms with Crippen LogP contribution in [0.4, 0.5) is 0 Å². The van der Waals surface area contributed by atoms with E-state index in [1.54, 1.807) is 19.1 Å². The van der Waals surface area contributed by atoms with Crippen molar-refractivity contribution in [3.8, 4) is 6.07 Å². The molecule has 0 saturated heterocycles. The molecule has 0 aromatic heterocycles. The molecule has 2 unspecified atom stereocenters. The summed E-state index contributed by atoms with van der Waals surface area (Å²) in [6.45, 7) is 1.75. The Morgan fingerprint density at radius 3 is 2.69 bits per heavy atom. The van der Waals surface area contributed by atoms with E-state index in [4.69, 9.17) is 10.4 Å². The van der Waals surface area contributed by atoms with Crippen LogP contribution >= 0.6 is 0 Å². The van der Waals surface area contributed by atoms with Crippen molar-refractivity contribution in [1.82, 2.24) is 0 Å². The van der Waals surface area contributed by atoms with Crippen molar-refractivity contribution >= 4 is 16.8 Å². The molecule has 0 radical (unpaired) electrons. The molecule has 0 aliphatic rings. The van der Waals surface area contributed by atoms with E-state index in [2.05, 4.69) is 0 Å². The van der Waals surface area contributed by atoms with E-state index in [-0.39, 0.29) is 10.5 Å². The van der Waals surface area contributed by atoms with Crippen LogP contribution in [-0.2, 0) is 10.8 Å². The van der Waals surface area contributed by atoms with E-state index in [0.29, 0.717) is 6.42 Å². The van der Waals surface area contributed by atoms with Crippen molar-refractivity contribution in [1.29, 1.82) is 5.26 Å². The number of nitriles is 1. The maximum Gasteiger partial charge on any atom is 0.336 e. The molecule has 1 rings (SSSR count). The molecular formula is C11H11NO3S. The van der Waals surface area contributed by atoms with Crippen molar-refractivity contribution in [2.24, 2.45) is 0 Å². The molecule has 0 heterocycles. The summed E-state index contributed by atoms with van der Waals surface area (Å²) in [5, 5.41) is 17.1. The van der Waals surface area contributed by atoms with Crippen molar-refractivity contribution in [3.63, 3.8) is 0 Å². The SMILES string of the molecule is CCC(C#N)S(=O)c1ccccc1C(=O)O. The lowest BCUT2D eigenvalue weighted by molar-refractivity contribution is 0.0693. The summed E-state index contributed by atoms with van der Waals surface area (Å²) >= 11 is 0. The third-order valence-electron chi connectivity index (χ3n) is 2.11. The summed E-state index contributed by atoms with van der Waals surface area (Å²) < 4.78 is 12.0. The van der Waals surface area contributed by atoms with Gasteiger partial charge in [-0.25, -0.2) is 4.79 Å². The second kappa shape index (κ2) is 5.42. The van der Waals surface area contributed by atoms with Crippen molar-refractivity contribution in [3.05, 3.63) is 29.8 Å². The second-order valence-corrected chi connectivity index (χ2v) is 4.73. The van der Waals surface area contributed by atoms with Crippen LogP contribution in [0.5, 0.6) is 0 Å². The fourth-order valence-electron chi connectivity index (χ4n) is 1.26. The summed E-state index contributed by atoms with van der Waals surface area (Å²) in [4.78, 5) is 11.1. The molecule has 4 nitrogen and oxygen atoms in total. The van der Waals surface area contributed by atoms with Gasteiger partial charge in [0.25, 0.3) is 0 Å². The number of nitrogens with zero attached hydrogens (tertiary/aromatic N) is 1. The van der Waals surface area contributed by atoms with Crippen molar-refractivity contribution < 1.29 is 14.1 Å². The van der Waals surface area contributed by atoms with Crippen molar-refractivity contribution in [2.45, 2.75) is 23.5 Å².